The molecule has 1 spiro atoms. The van der Waals surface area contributed by atoms with E-state index in [1.54, 1.807) is 13.0 Å². The van der Waals surface area contributed by atoms with E-state index in [1.165, 1.54) is 18.2 Å². The molecule has 0 aromatic heterocycles. The third-order valence-corrected chi connectivity index (χ3v) is 5.22. The summed E-state index contributed by atoms with van der Waals surface area (Å²) in [6.45, 7) is 1.98. The van der Waals surface area contributed by atoms with Gasteiger partial charge in [-0.1, -0.05) is 12.1 Å². The minimum atomic E-state index is -1.66. The maximum atomic E-state index is 11.1. The molecule has 3 aliphatic rings. The Kier molecular flexibility index (Phi) is 2.82. The van der Waals surface area contributed by atoms with Crippen LogP contribution < -0.4 is 5.73 Å². The molecule has 1 saturated heterocycles. The fourth-order valence-corrected chi connectivity index (χ4v) is 4.18. The minimum absolute atomic E-state index is 0.0397. The molecule has 2 fully saturated rings. The van der Waals surface area contributed by atoms with Crippen LogP contribution in [-0.2, 0) is 9.47 Å². The first-order valence-corrected chi connectivity index (χ1v) is 7.63. The van der Waals surface area contributed by atoms with Gasteiger partial charge in [-0.05, 0) is 12.5 Å². The molecule has 4 rings (SSSR count). The first-order valence-electron chi connectivity index (χ1n) is 7.63. The van der Waals surface area contributed by atoms with Gasteiger partial charge in [0.15, 0.2) is 5.41 Å². The van der Waals surface area contributed by atoms with Crippen LogP contribution in [0.4, 0.5) is 5.69 Å². The van der Waals surface area contributed by atoms with Crippen LogP contribution in [0.15, 0.2) is 29.3 Å². The minimum Gasteiger partial charge on any atom is -0.386 e. The molecule has 0 unspecified atom stereocenters. The van der Waals surface area contributed by atoms with Gasteiger partial charge in [0.25, 0.3) is 11.6 Å². The van der Waals surface area contributed by atoms with Gasteiger partial charge in [-0.2, -0.15) is 10.5 Å². The number of benzene rings is 1. The van der Waals surface area contributed by atoms with Crippen molar-refractivity contribution in [3.63, 3.8) is 0 Å². The monoisotopic (exact) mass is 339 g/mol. The van der Waals surface area contributed by atoms with Crippen LogP contribution in [0.5, 0.6) is 0 Å². The summed E-state index contributed by atoms with van der Waals surface area (Å²) in [6.07, 6.45) is -0.317. The number of nitro benzene ring substituents is 1. The molecule has 1 aliphatic carbocycles. The molecule has 2 heterocycles. The predicted molar refractivity (Wildman–Crippen MR) is 82.8 cm³/mol. The smallest absolute Gasteiger partial charge is 0.293 e. The number of aliphatic imine (C=N–C) groups is 1. The maximum absolute atomic E-state index is 11.1. The second-order valence-electron chi connectivity index (χ2n) is 6.44. The summed E-state index contributed by atoms with van der Waals surface area (Å²) in [6, 6.07) is 10.1. The van der Waals surface area contributed by atoms with Crippen LogP contribution >= 0.6 is 0 Å². The topological polar surface area (TPSA) is 148 Å². The number of nitro groups is 1. The van der Waals surface area contributed by atoms with Gasteiger partial charge >= 0.3 is 0 Å². The molecule has 2 N–H and O–H groups in total. The van der Waals surface area contributed by atoms with Crippen molar-refractivity contribution >= 4 is 11.5 Å². The highest BCUT2D eigenvalue weighted by atomic mass is 16.8. The Morgan fingerprint density at radius 1 is 1.44 bits per heavy atom. The number of non-ortho nitro benzene ring substituents is 1. The van der Waals surface area contributed by atoms with E-state index in [0.29, 0.717) is 5.56 Å². The first-order chi connectivity index (χ1) is 11.9. The number of hydrogen-bond acceptors (Lipinski definition) is 8. The van der Waals surface area contributed by atoms with E-state index in [1.807, 2.05) is 0 Å². The van der Waals surface area contributed by atoms with Crippen molar-refractivity contribution in [3.05, 3.63) is 39.9 Å². The normalized spacial score (nSPS) is 40.8. The molecular weight excluding hydrogens is 326 g/mol. The number of ether oxygens (including phenoxy) is 2. The first kappa shape index (κ1) is 15.5. The number of nitrogens with two attached hydrogens (primary N) is 1. The average molecular weight is 339 g/mol. The summed E-state index contributed by atoms with van der Waals surface area (Å²) in [4.78, 5) is 14.7. The fourth-order valence-electron chi connectivity index (χ4n) is 4.18. The van der Waals surface area contributed by atoms with Gasteiger partial charge in [0, 0.05) is 18.1 Å². The Morgan fingerprint density at radius 3 is 2.76 bits per heavy atom. The Balaban J connectivity index is 1.90. The van der Waals surface area contributed by atoms with Crippen LogP contribution in [0.1, 0.15) is 18.4 Å². The largest absolute Gasteiger partial charge is 0.386 e. The van der Waals surface area contributed by atoms with Gasteiger partial charge in [-0.25, -0.2) is 4.99 Å². The van der Waals surface area contributed by atoms with Gasteiger partial charge in [0.2, 0.25) is 0 Å². The summed E-state index contributed by atoms with van der Waals surface area (Å²) in [5.41, 5.74) is 3.46. The zero-order valence-electron chi connectivity index (χ0n) is 13.2. The van der Waals surface area contributed by atoms with Crippen molar-refractivity contribution in [3.8, 4) is 12.1 Å². The highest BCUT2D eigenvalue weighted by Gasteiger charge is 2.94. The molecule has 5 atom stereocenters. The van der Waals surface area contributed by atoms with Crippen molar-refractivity contribution in [1.82, 2.24) is 0 Å². The average Bonchev–Trinajstić information content (AvgIpc) is 2.99. The van der Waals surface area contributed by atoms with Gasteiger partial charge in [-0.3, -0.25) is 10.1 Å². The second-order valence-corrected chi connectivity index (χ2v) is 6.44. The van der Waals surface area contributed by atoms with E-state index in [0.717, 1.165) is 0 Å². The lowest BCUT2D eigenvalue weighted by Gasteiger charge is -2.26. The lowest BCUT2D eigenvalue weighted by atomic mass is 9.94. The van der Waals surface area contributed by atoms with E-state index < -0.39 is 27.6 Å². The van der Waals surface area contributed by atoms with Crippen LogP contribution in [0, 0.1) is 43.6 Å². The zero-order chi connectivity index (χ0) is 18.0. The quantitative estimate of drug-likeness (QED) is 0.628. The number of nitriles is 2. The number of rotatable bonds is 2. The van der Waals surface area contributed by atoms with Crippen molar-refractivity contribution in [2.45, 2.75) is 24.9 Å². The van der Waals surface area contributed by atoms with Crippen LogP contribution in [-0.4, -0.2) is 29.4 Å². The van der Waals surface area contributed by atoms with E-state index >= 15 is 0 Å². The van der Waals surface area contributed by atoms with Crippen molar-refractivity contribution in [2.75, 3.05) is 6.61 Å². The number of amidine groups is 1. The molecular formula is C16H13N5O4. The molecule has 0 amide bonds. The SMILES string of the molecule is C[C@@H]1CO[C@]2(N=C(N)[C@@]3(C#N)[C@@H](c4cccc([N+](=O)[O-])c4)[C@@]23C#N)O1. The molecule has 2 aliphatic heterocycles. The van der Waals surface area contributed by atoms with Gasteiger partial charge < -0.3 is 15.2 Å². The van der Waals surface area contributed by atoms with Crippen molar-refractivity contribution in [1.29, 1.82) is 10.5 Å². The molecule has 9 nitrogen and oxygen atoms in total. The molecule has 1 aromatic carbocycles. The molecule has 25 heavy (non-hydrogen) atoms. The van der Waals surface area contributed by atoms with Gasteiger partial charge in [0.05, 0.1) is 29.8 Å². The second kappa shape index (κ2) is 4.54. The van der Waals surface area contributed by atoms with E-state index in [9.17, 15) is 20.6 Å². The van der Waals surface area contributed by atoms with E-state index in [-0.39, 0.29) is 24.2 Å². The summed E-state index contributed by atoms with van der Waals surface area (Å²) < 4.78 is 11.5. The Labute approximate surface area is 142 Å². The summed E-state index contributed by atoms with van der Waals surface area (Å²) in [5, 5.41) is 30.9. The van der Waals surface area contributed by atoms with Crippen LogP contribution in [0.3, 0.4) is 0 Å². The Bertz CT molecular complexity index is 918. The van der Waals surface area contributed by atoms with Gasteiger partial charge in [0.1, 0.15) is 11.3 Å². The van der Waals surface area contributed by atoms with Crippen molar-refractivity contribution < 1.29 is 14.4 Å². The predicted octanol–water partition coefficient (Wildman–Crippen LogP) is 1.17. The number of hydrogen-bond donors (Lipinski definition) is 1. The Hall–Kier alpha value is -3.01. The number of fused-ring (bicyclic) bond motifs is 2. The molecule has 1 saturated carbocycles. The van der Waals surface area contributed by atoms with Crippen LogP contribution in [0.25, 0.3) is 0 Å². The van der Waals surface area contributed by atoms with Gasteiger partial charge in [-0.15, -0.1) is 0 Å². The third kappa shape index (κ3) is 1.50. The van der Waals surface area contributed by atoms with Crippen molar-refractivity contribution in [2.24, 2.45) is 21.6 Å². The summed E-state index contributed by atoms with van der Waals surface area (Å²) >= 11 is 0. The lowest BCUT2D eigenvalue weighted by molar-refractivity contribution is -0.384. The molecule has 1 aromatic rings. The molecule has 9 heteroatoms. The fraction of sp³-hybridized carbons (Fsp3) is 0.438. The highest BCUT2D eigenvalue weighted by Crippen LogP contribution is 2.82. The molecule has 126 valence electrons. The van der Waals surface area contributed by atoms with E-state index in [2.05, 4.69) is 17.1 Å². The lowest BCUT2D eigenvalue weighted by Crippen LogP contribution is -2.39. The highest BCUT2D eigenvalue weighted by molar-refractivity contribution is 6.00. The Morgan fingerprint density at radius 2 is 2.20 bits per heavy atom. The zero-order valence-corrected chi connectivity index (χ0v) is 13.2. The number of nitrogens with zero attached hydrogens (tertiary/aromatic N) is 4. The summed E-state index contributed by atoms with van der Waals surface area (Å²) in [5.74, 6) is -2.42. The van der Waals surface area contributed by atoms with Crippen LogP contribution in [0.2, 0.25) is 0 Å². The standard InChI is InChI=1S/C16H13N5O4/c1-9-6-24-16(25-9)15(8-18)12(14(15,7-17)13(19)20-16)10-3-2-4-11(5-10)21(22)23/h2-5,9,12H,6H2,1H3,(H2,19,20)/t9-,12-,14-,15-,16+/m1/s1. The third-order valence-electron chi connectivity index (χ3n) is 5.22. The molecule has 0 bridgehead atoms. The maximum Gasteiger partial charge on any atom is 0.293 e. The van der Waals surface area contributed by atoms with E-state index in [4.69, 9.17) is 15.2 Å². The summed E-state index contributed by atoms with van der Waals surface area (Å²) in [7, 11) is 0. The molecule has 0 radical (unpaired) electrons.